The molecule has 0 radical (unpaired) electrons. The summed E-state index contributed by atoms with van der Waals surface area (Å²) < 4.78 is 10.8. The van der Waals surface area contributed by atoms with Crippen LogP contribution in [0.2, 0.25) is 0 Å². The Balaban J connectivity index is 1.56. The second-order valence-electron chi connectivity index (χ2n) is 6.86. The van der Waals surface area contributed by atoms with Gasteiger partial charge in [-0.2, -0.15) is 0 Å². The SMILES string of the molecule is CCN(Cc1ccc(N(C)C)cc1)C(=O)CSc1nnc(-c2ccc(OC)cc2)o1. The number of amides is 1. The van der Waals surface area contributed by atoms with Crippen LogP contribution in [0.25, 0.3) is 11.5 Å². The summed E-state index contributed by atoms with van der Waals surface area (Å²) in [5, 5.41) is 8.49. The first-order chi connectivity index (χ1) is 14.5. The highest BCUT2D eigenvalue weighted by Gasteiger charge is 2.16. The zero-order chi connectivity index (χ0) is 21.5. The molecule has 158 valence electrons. The molecule has 3 aromatic rings. The summed E-state index contributed by atoms with van der Waals surface area (Å²) in [6.45, 7) is 3.19. The maximum Gasteiger partial charge on any atom is 0.277 e. The van der Waals surface area contributed by atoms with Gasteiger partial charge in [0.25, 0.3) is 5.22 Å². The lowest BCUT2D eigenvalue weighted by Gasteiger charge is -2.21. The normalized spacial score (nSPS) is 10.7. The fourth-order valence-corrected chi connectivity index (χ4v) is 3.50. The lowest BCUT2D eigenvalue weighted by Crippen LogP contribution is -2.31. The third-order valence-corrected chi connectivity index (χ3v) is 5.43. The quantitative estimate of drug-likeness (QED) is 0.480. The largest absolute Gasteiger partial charge is 0.497 e. The third kappa shape index (κ3) is 5.54. The second kappa shape index (κ2) is 10.2. The molecule has 7 nitrogen and oxygen atoms in total. The number of thioether (sulfide) groups is 1. The van der Waals surface area contributed by atoms with E-state index in [4.69, 9.17) is 9.15 Å². The maximum absolute atomic E-state index is 12.7. The van der Waals surface area contributed by atoms with E-state index in [2.05, 4.69) is 34.5 Å². The molecule has 0 unspecified atom stereocenters. The van der Waals surface area contributed by atoms with Gasteiger partial charge in [-0.15, -0.1) is 10.2 Å². The first-order valence-electron chi connectivity index (χ1n) is 9.65. The van der Waals surface area contributed by atoms with Crippen molar-refractivity contribution in [3.8, 4) is 17.2 Å². The number of benzene rings is 2. The maximum atomic E-state index is 12.7. The highest BCUT2D eigenvalue weighted by molar-refractivity contribution is 7.99. The molecule has 0 bridgehead atoms. The first kappa shape index (κ1) is 21.7. The summed E-state index contributed by atoms with van der Waals surface area (Å²) in [7, 11) is 5.63. The molecule has 3 rings (SSSR count). The van der Waals surface area contributed by atoms with Crippen LogP contribution in [0.5, 0.6) is 5.75 Å². The number of nitrogens with zero attached hydrogens (tertiary/aromatic N) is 4. The summed E-state index contributed by atoms with van der Waals surface area (Å²) in [6.07, 6.45) is 0. The van der Waals surface area contributed by atoms with E-state index >= 15 is 0 Å². The molecule has 8 heteroatoms. The Kier molecular flexibility index (Phi) is 7.35. The van der Waals surface area contributed by atoms with Crippen molar-refractivity contribution in [3.63, 3.8) is 0 Å². The summed E-state index contributed by atoms with van der Waals surface area (Å²) >= 11 is 1.25. The summed E-state index contributed by atoms with van der Waals surface area (Å²) in [5.41, 5.74) is 3.03. The van der Waals surface area contributed by atoms with Crippen molar-refractivity contribution >= 4 is 23.4 Å². The molecular weight excluding hydrogens is 400 g/mol. The van der Waals surface area contributed by atoms with Crippen molar-refractivity contribution < 1.29 is 13.9 Å². The molecule has 0 saturated carbocycles. The number of aromatic nitrogens is 2. The Hall–Kier alpha value is -3.00. The van der Waals surface area contributed by atoms with Crippen molar-refractivity contribution in [1.29, 1.82) is 0 Å². The number of anilines is 1. The van der Waals surface area contributed by atoms with Crippen LogP contribution in [0, 0.1) is 0 Å². The van der Waals surface area contributed by atoms with Gasteiger partial charge in [-0.25, -0.2) is 0 Å². The molecule has 0 spiro atoms. The van der Waals surface area contributed by atoms with Crippen LogP contribution in [-0.4, -0.2) is 54.5 Å². The third-order valence-electron chi connectivity index (χ3n) is 4.62. The molecule has 0 aliphatic carbocycles. The van der Waals surface area contributed by atoms with Gasteiger partial charge in [0.2, 0.25) is 11.8 Å². The lowest BCUT2D eigenvalue weighted by molar-refractivity contribution is -0.128. The van der Waals surface area contributed by atoms with Gasteiger partial charge >= 0.3 is 0 Å². The van der Waals surface area contributed by atoms with E-state index in [9.17, 15) is 4.79 Å². The molecule has 0 fully saturated rings. The van der Waals surface area contributed by atoms with E-state index in [1.165, 1.54) is 11.8 Å². The van der Waals surface area contributed by atoms with Crippen LogP contribution >= 0.6 is 11.8 Å². The highest BCUT2D eigenvalue weighted by Crippen LogP contribution is 2.25. The number of hydrogen-bond acceptors (Lipinski definition) is 7. The zero-order valence-electron chi connectivity index (χ0n) is 17.7. The van der Waals surface area contributed by atoms with Crippen molar-refractivity contribution in [2.45, 2.75) is 18.7 Å². The molecule has 0 atom stereocenters. The first-order valence-corrected chi connectivity index (χ1v) is 10.6. The van der Waals surface area contributed by atoms with E-state index in [0.29, 0.717) is 24.2 Å². The van der Waals surface area contributed by atoms with Crippen molar-refractivity contribution in [3.05, 3.63) is 54.1 Å². The summed E-state index contributed by atoms with van der Waals surface area (Å²) in [6, 6.07) is 15.6. The van der Waals surface area contributed by atoms with E-state index in [-0.39, 0.29) is 11.7 Å². The van der Waals surface area contributed by atoms with Crippen molar-refractivity contribution in [2.24, 2.45) is 0 Å². The Labute approximate surface area is 181 Å². The lowest BCUT2D eigenvalue weighted by atomic mass is 10.2. The zero-order valence-corrected chi connectivity index (χ0v) is 18.5. The predicted molar refractivity (Wildman–Crippen MR) is 119 cm³/mol. The van der Waals surface area contributed by atoms with Gasteiger partial charge in [-0.05, 0) is 48.9 Å². The molecule has 2 aromatic carbocycles. The molecule has 0 saturated heterocycles. The molecular formula is C22H26N4O3S. The predicted octanol–water partition coefficient (Wildman–Crippen LogP) is 3.95. The van der Waals surface area contributed by atoms with E-state index in [1.54, 1.807) is 7.11 Å². The fourth-order valence-electron chi connectivity index (χ4n) is 2.83. The highest BCUT2D eigenvalue weighted by atomic mass is 32.2. The van der Waals surface area contributed by atoms with Crippen molar-refractivity contribution in [2.75, 3.05) is 38.4 Å². The van der Waals surface area contributed by atoms with Gasteiger partial charge in [0, 0.05) is 38.4 Å². The van der Waals surface area contributed by atoms with Crippen LogP contribution in [0.15, 0.2) is 58.2 Å². The minimum atomic E-state index is 0.0309. The standard InChI is InChI=1S/C22H26N4O3S/c1-5-26(14-16-6-10-18(11-7-16)25(2)3)20(27)15-30-22-24-23-21(29-22)17-8-12-19(28-4)13-9-17/h6-13H,5,14-15H2,1-4H3. The van der Waals surface area contributed by atoms with Gasteiger partial charge in [0.1, 0.15) is 5.75 Å². The molecule has 0 N–H and O–H groups in total. The molecule has 0 aliphatic rings. The second-order valence-corrected chi connectivity index (χ2v) is 7.79. The van der Waals surface area contributed by atoms with Gasteiger partial charge in [0.05, 0.1) is 12.9 Å². The van der Waals surface area contributed by atoms with Crippen LogP contribution < -0.4 is 9.64 Å². The van der Waals surface area contributed by atoms with E-state index in [1.807, 2.05) is 55.1 Å². The van der Waals surface area contributed by atoms with Gasteiger partial charge in [-0.1, -0.05) is 23.9 Å². The minimum absolute atomic E-state index is 0.0309. The average Bonchev–Trinajstić information content (AvgIpc) is 3.25. The van der Waals surface area contributed by atoms with Crippen LogP contribution in [0.4, 0.5) is 5.69 Å². The van der Waals surface area contributed by atoms with Crippen LogP contribution in [-0.2, 0) is 11.3 Å². The molecule has 1 amide bonds. The Morgan fingerprint density at radius 1 is 1.07 bits per heavy atom. The summed E-state index contributed by atoms with van der Waals surface area (Å²) in [5.74, 6) is 1.45. The van der Waals surface area contributed by atoms with E-state index in [0.717, 1.165) is 22.6 Å². The van der Waals surface area contributed by atoms with Gasteiger partial charge in [0.15, 0.2) is 0 Å². The summed E-state index contributed by atoms with van der Waals surface area (Å²) in [4.78, 5) is 16.5. The monoisotopic (exact) mass is 426 g/mol. The number of carbonyl (C=O) groups is 1. The van der Waals surface area contributed by atoms with Crippen molar-refractivity contribution in [1.82, 2.24) is 15.1 Å². The smallest absolute Gasteiger partial charge is 0.277 e. The minimum Gasteiger partial charge on any atom is -0.497 e. The number of rotatable bonds is 9. The Bertz CT molecular complexity index is 955. The molecule has 1 aromatic heterocycles. The molecule has 1 heterocycles. The number of carbonyl (C=O) groups excluding carboxylic acids is 1. The topological polar surface area (TPSA) is 71.7 Å². The molecule has 30 heavy (non-hydrogen) atoms. The number of hydrogen-bond donors (Lipinski definition) is 0. The number of ether oxygens (including phenoxy) is 1. The van der Waals surface area contributed by atoms with Gasteiger partial charge < -0.3 is 19.0 Å². The number of methoxy groups -OCH3 is 1. The van der Waals surface area contributed by atoms with Crippen LogP contribution in [0.3, 0.4) is 0 Å². The molecule has 0 aliphatic heterocycles. The fraction of sp³-hybridized carbons (Fsp3) is 0.318. The Morgan fingerprint density at radius 3 is 2.37 bits per heavy atom. The van der Waals surface area contributed by atoms with E-state index < -0.39 is 0 Å². The van der Waals surface area contributed by atoms with Gasteiger partial charge in [-0.3, -0.25) is 4.79 Å². The average molecular weight is 427 g/mol. The van der Waals surface area contributed by atoms with Crippen LogP contribution in [0.1, 0.15) is 12.5 Å². The Morgan fingerprint density at radius 2 is 1.77 bits per heavy atom.